The summed E-state index contributed by atoms with van der Waals surface area (Å²) in [6.45, 7) is 10.00. The number of methoxy groups -OCH3 is 2. The first-order valence-electron chi connectivity index (χ1n) is 22.6. The van der Waals surface area contributed by atoms with Crippen molar-refractivity contribution in [2.45, 2.75) is 109 Å². The number of likely N-dealkylation sites (tertiary alicyclic amines) is 2. The van der Waals surface area contributed by atoms with Crippen molar-refractivity contribution in [3.8, 4) is 33.6 Å². The molecule has 0 radical (unpaired) electrons. The van der Waals surface area contributed by atoms with Gasteiger partial charge in [0.05, 0.1) is 73.5 Å². The van der Waals surface area contributed by atoms with E-state index in [0.29, 0.717) is 37.8 Å². The first kappa shape index (κ1) is 44.4. The summed E-state index contributed by atoms with van der Waals surface area (Å²) in [5.41, 5.74) is 7.45. The molecular formula is C47H60N10O7. The predicted octanol–water partition coefficient (Wildman–Crippen LogP) is 7.14. The average Bonchev–Trinajstić information content (AvgIpc) is 4.16. The summed E-state index contributed by atoms with van der Waals surface area (Å²) in [5.74, 6) is 0.732. The molecule has 0 unspecified atom stereocenters. The Morgan fingerprint density at radius 1 is 0.703 bits per heavy atom. The van der Waals surface area contributed by atoms with E-state index in [-0.39, 0.29) is 41.8 Å². The van der Waals surface area contributed by atoms with Crippen LogP contribution in [-0.2, 0) is 30.3 Å². The van der Waals surface area contributed by atoms with Gasteiger partial charge in [-0.3, -0.25) is 9.59 Å². The molecule has 0 saturated carbocycles. The number of aryl methyl sites for hydroxylation is 1. The topological polar surface area (TPSA) is 202 Å². The Morgan fingerprint density at radius 3 is 2.00 bits per heavy atom. The molecule has 3 aliphatic heterocycles. The number of fused-ring (bicyclic) bond motifs is 6. The molecule has 4 bridgehead atoms. The van der Waals surface area contributed by atoms with E-state index in [9.17, 15) is 19.2 Å². The number of rotatable bonds is 9. The van der Waals surface area contributed by atoms with Gasteiger partial charge in [0, 0.05) is 43.8 Å². The lowest BCUT2D eigenvalue weighted by molar-refractivity contribution is -0.136. The zero-order chi connectivity index (χ0) is 45.1. The zero-order valence-corrected chi connectivity index (χ0v) is 37.6. The first-order chi connectivity index (χ1) is 30.9. The molecule has 0 spiro atoms. The van der Waals surface area contributed by atoms with Gasteiger partial charge in [-0.15, -0.1) is 0 Å². The number of H-pyrrole nitrogens is 2. The molecule has 6 heterocycles. The molecule has 5 aromatic rings. The number of aromatic nitrogens is 6. The predicted molar refractivity (Wildman–Crippen MR) is 240 cm³/mol. The Morgan fingerprint density at radius 2 is 1.31 bits per heavy atom. The summed E-state index contributed by atoms with van der Waals surface area (Å²) in [5, 5.41) is 5.46. The summed E-state index contributed by atoms with van der Waals surface area (Å²) < 4.78 is 18.2. The van der Waals surface area contributed by atoms with Gasteiger partial charge in [0.25, 0.3) is 0 Å². The smallest absolute Gasteiger partial charge is 0.407 e. The second-order valence-electron chi connectivity index (χ2n) is 17.8. The van der Waals surface area contributed by atoms with Gasteiger partial charge in [0.2, 0.25) is 11.8 Å². The van der Waals surface area contributed by atoms with Crippen LogP contribution in [0.3, 0.4) is 0 Å². The van der Waals surface area contributed by atoms with Gasteiger partial charge in [-0.1, -0.05) is 70.9 Å². The van der Waals surface area contributed by atoms with E-state index in [1.54, 1.807) is 4.90 Å². The zero-order valence-electron chi connectivity index (χ0n) is 37.6. The molecule has 5 atom stereocenters. The van der Waals surface area contributed by atoms with E-state index < -0.39 is 24.3 Å². The minimum absolute atomic E-state index is 0.120. The highest BCUT2D eigenvalue weighted by Crippen LogP contribution is 2.39. The Balaban J connectivity index is 1.07. The number of imidazole rings is 3. The Kier molecular flexibility index (Phi) is 13.3. The number of nitrogens with one attached hydrogen (secondary N) is 4. The molecule has 0 aliphatic carbocycles. The van der Waals surface area contributed by atoms with Crippen LogP contribution in [0.5, 0.6) is 0 Å². The quantitative estimate of drug-likeness (QED) is 0.118. The van der Waals surface area contributed by atoms with Gasteiger partial charge >= 0.3 is 12.2 Å². The van der Waals surface area contributed by atoms with Gasteiger partial charge in [-0.05, 0) is 54.7 Å². The van der Waals surface area contributed by atoms with Crippen molar-refractivity contribution in [1.29, 1.82) is 0 Å². The summed E-state index contributed by atoms with van der Waals surface area (Å²) in [6.07, 6.45) is 10.3. The molecule has 64 heavy (non-hydrogen) atoms. The average molecular weight is 877 g/mol. The number of ether oxygens (including phenoxy) is 3. The number of aromatic amines is 2. The number of alkyl carbamates (subject to hydrolysis) is 2. The van der Waals surface area contributed by atoms with Crippen molar-refractivity contribution >= 4 is 35.0 Å². The molecule has 2 aromatic carbocycles. The minimum Gasteiger partial charge on any atom is -0.453 e. The molecule has 17 heteroatoms. The van der Waals surface area contributed by atoms with Crippen LogP contribution in [0.15, 0.2) is 55.1 Å². The van der Waals surface area contributed by atoms with Gasteiger partial charge in [0.15, 0.2) is 0 Å². The molecule has 8 rings (SSSR count). The minimum atomic E-state index is -0.771. The van der Waals surface area contributed by atoms with Crippen LogP contribution in [0.25, 0.3) is 44.7 Å². The van der Waals surface area contributed by atoms with E-state index in [2.05, 4.69) is 61.6 Å². The molecule has 17 nitrogen and oxygen atoms in total. The molecule has 4 amide bonds. The normalized spacial score (nSPS) is 20.1. The molecule has 4 N–H and O–H groups in total. The van der Waals surface area contributed by atoms with E-state index in [0.717, 1.165) is 89.7 Å². The molecule has 2 fully saturated rings. The van der Waals surface area contributed by atoms with Gasteiger partial charge in [-0.25, -0.2) is 24.5 Å². The van der Waals surface area contributed by atoms with Gasteiger partial charge in [0.1, 0.15) is 23.7 Å². The fourth-order valence-corrected chi connectivity index (χ4v) is 9.41. The lowest BCUT2D eigenvalue weighted by Crippen LogP contribution is -2.51. The maximum absolute atomic E-state index is 14.2. The Hall–Kier alpha value is -6.23. The van der Waals surface area contributed by atoms with E-state index in [1.165, 1.54) is 14.2 Å². The van der Waals surface area contributed by atoms with Crippen molar-refractivity contribution in [3.63, 3.8) is 0 Å². The maximum atomic E-state index is 14.2. The van der Waals surface area contributed by atoms with Gasteiger partial charge < -0.3 is 49.2 Å². The van der Waals surface area contributed by atoms with Crippen LogP contribution < -0.4 is 10.6 Å². The Labute approximate surface area is 373 Å². The third kappa shape index (κ3) is 9.08. The highest BCUT2D eigenvalue weighted by atomic mass is 16.5. The summed E-state index contributed by atoms with van der Waals surface area (Å²) in [7, 11) is 2.58. The maximum Gasteiger partial charge on any atom is 0.407 e. The summed E-state index contributed by atoms with van der Waals surface area (Å²) in [4.78, 5) is 77.5. The highest BCUT2D eigenvalue weighted by molar-refractivity contribution is 6.00. The number of amides is 4. The number of carbonyl (C=O) groups is 4. The molecule has 3 aliphatic rings. The summed E-state index contributed by atoms with van der Waals surface area (Å²) in [6, 6.07) is 10.4. The molecule has 2 saturated heterocycles. The van der Waals surface area contributed by atoms with Crippen molar-refractivity contribution in [2.75, 3.05) is 33.9 Å². The number of hydrogen-bond donors (Lipinski definition) is 4. The van der Waals surface area contributed by atoms with Crippen LogP contribution in [0.4, 0.5) is 9.59 Å². The molecule has 340 valence electrons. The van der Waals surface area contributed by atoms with Crippen molar-refractivity contribution in [2.24, 2.45) is 11.8 Å². The number of hydrogen-bond acceptors (Lipinski definition) is 10. The molecule has 3 aromatic heterocycles. The van der Waals surface area contributed by atoms with Crippen LogP contribution in [0, 0.1) is 11.8 Å². The van der Waals surface area contributed by atoms with Gasteiger partial charge in [-0.2, -0.15) is 0 Å². The first-order valence-corrected chi connectivity index (χ1v) is 22.6. The van der Waals surface area contributed by atoms with Crippen molar-refractivity contribution in [1.82, 2.24) is 49.9 Å². The number of nitrogens with zero attached hydrogens (tertiary/aromatic N) is 6. The van der Waals surface area contributed by atoms with Crippen LogP contribution >= 0.6 is 0 Å². The fraction of sp³-hybridized carbons (Fsp3) is 0.511. The SMILES string of the molecule is COC(=O)N[C@H](C(=O)N1CCC[C@H]1c1ncc(-c2ccc(-c3ccc4c5c3ncn5CCCCCCO[C@H]3C[C@@H](c5ncc-4[nH]5)N(C(=O)[C@@H](NC(=O)OC)C(C)C)C3)cc2)[nH]1)C(C)C. The second-order valence-corrected chi connectivity index (χ2v) is 17.8. The standard InChI is InChI=1S/C47H60N10O7/c1-27(2)38(53-46(60)62-5)44(58)56-20-11-12-36(56)42-48-23-34(51-42)30-15-13-29(14-16-30)32-17-18-33-35-24-49-43(52-35)37-22-31(25-57(37)45(59)39(28(3)4)54-47(61)63-6)64-21-10-8-7-9-19-55-26-50-40(32)41(33)55/h13-18,23-24,26-28,31,36-39H,7-12,19-22,25H2,1-6H3,(H,48,51)(H,49,52)(H,53,60)(H,54,61)/t31-,36-,37-,38-,39-/m0/s1. The lowest BCUT2D eigenvalue weighted by atomic mass is 9.98. The molecular weight excluding hydrogens is 817 g/mol. The van der Waals surface area contributed by atoms with Crippen molar-refractivity contribution in [3.05, 3.63) is 66.8 Å². The number of benzene rings is 2. The van der Waals surface area contributed by atoms with Crippen LogP contribution in [0.1, 0.15) is 96.4 Å². The monoisotopic (exact) mass is 876 g/mol. The third-order valence-corrected chi connectivity index (χ3v) is 12.9. The number of carbonyl (C=O) groups excluding carboxylic acids is 4. The largest absolute Gasteiger partial charge is 0.453 e. The lowest BCUT2D eigenvalue weighted by Gasteiger charge is -2.30. The summed E-state index contributed by atoms with van der Waals surface area (Å²) >= 11 is 0. The van der Waals surface area contributed by atoms with E-state index in [4.69, 9.17) is 29.2 Å². The highest BCUT2D eigenvalue weighted by Gasteiger charge is 2.42. The third-order valence-electron chi connectivity index (χ3n) is 12.9. The Bertz CT molecular complexity index is 2460. The van der Waals surface area contributed by atoms with E-state index in [1.807, 2.05) is 51.3 Å². The van der Waals surface area contributed by atoms with E-state index >= 15 is 0 Å². The van der Waals surface area contributed by atoms with Crippen molar-refractivity contribution < 1.29 is 33.4 Å². The van der Waals surface area contributed by atoms with Crippen LogP contribution in [0.2, 0.25) is 0 Å². The second kappa shape index (κ2) is 19.3. The fourth-order valence-electron chi connectivity index (χ4n) is 9.41. The van der Waals surface area contributed by atoms with Crippen LogP contribution in [-0.4, -0.2) is 115 Å².